The van der Waals surface area contributed by atoms with E-state index in [-0.39, 0.29) is 23.8 Å². The summed E-state index contributed by atoms with van der Waals surface area (Å²) in [4.78, 5) is 34.2. The second kappa shape index (κ2) is 7.92. The van der Waals surface area contributed by atoms with E-state index in [1.807, 2.05) is 29.2 Å². The molecule has 1 aromatic heterocycles. The van der Waals surface area contributed by atoms with E-state index in [0.29, 0.717) is 30.2 Å². The van der Waals surface area contributed by atoms with Crippen LogP contribution in [0.25, 0.3) is 0 Å². The van der Waals surface area contributed by atoms with Crippen LogP contribution in [0.4, 0.5) is 11.8 Å². The molecular formula is C19H22ClN5O2. The van der Waals surface area contributed by atoms with Crippen LogP contribution in [0, 0.1) is 0 Å². The molecule has 0 radical (unpaired) electrons. The summed E-state index contributed by atoms with van der Waals surface area (Å²) in [7, 11) is 0. The van der Waals surface area contributed by atoms with Crippen molar-refractivity contribution in [2.24, 2.45) is 0 Å². The Kier molecular flexibility index (Phi) is 5.60. The summed E-state index contributed by atoms with van der Waals surface area (Å²) in [5.74, 6) is 0.350. The molecule has 142 valence electrons. The molecule has 3 rings (SSSR count). The van der Waals surface area contributed by atoms with Crippen molar-refractivity contribution in [1.82, 2.24) is 14.9 Å². The van der Waals surface area contributed by atoms with E-state index < -0.39 is 0 Å². The third kappa shape index (κ3) is 4.54. The molecule has 2 amide bonds. The maximum absolute atomic E-state index is 12.3. The molecule has 1 aromatic carbocycles. The lowest BCUT2D eigenvalue weighted by molar-refractivity contribution is -0.132. The number of nitrogens with zero attached hydrogens (tertiary/aromatic N) is 3. The Bertz CT molecular complexity index is 869. The summed E-state index contributed by atoms with van der Waals surface area (Å²) in [6, 6.07) is 7.46. The number of anilines is 2. The highest BCUT2D eigenvalue weighted by molar-refractivity contribution is 6.30. The number of fused-ring (bicyclic) bond motifs is 1. The van der Waals surface area contributed by atoms with E-state index in [2.05, 4.69) is 15.3 Å². The SMILES string of the molecule is CC(=O)Nc1nc(N)nc2c1C[C@@H](N(Cc1ccc(Cl)cc1)C(C)=O)CC2. The van der Waals surface area contributed by atoms with Gasteiger partial charge >= 0.3 is 0 Å². The van der Waals surface area contributed by atoms with Crippen molar-refractivity contribution in [2.45, 2.75) is 45.7 Å². The Hall–Kier alpha value is -2.67. The van der Waals surface area contributed by atoms with Crippen molar-refractivity contribution in [3.8, 4) is 0 Å². The fraction of sp³-hybridized carbons (Fsp3) is 0.368. The number of nitrogens with one attached hydrogen (secondary N) is 1. The highest BCUT2D eigenvalue weighted by Crippen LogP contribution is 2.29. The van der Waals surface area contributed by atoms with Crippen LogP contribution in [0.2, 0.25) is 5.02 Å². The minimum atomic E-state index is -0.220. The lowest BCUT2D eigenvalue weighted by Gasteiger charge is -2.35. The molecule has 8 heteroatoms. The van der Waals surface area contributed by atoms with Crippen molar-refractivity contribution < 1.29 is 9.59 Å². The molecule has 0 unspecified atom stereocenters. The molecule has 3 N–H and O–H groups in total. The van der Waals surface area contributed by atoms with Gasteiger partial charge in [-0.3, -0.25) is 9.59 Å². The Morgan fingerprint density at radius 2 is 1.96 bits per heavy atom. The first-order chi connectivity index (χ1) is 12.8. The number of aromatic nitrogens is 2. The summed E-state index contributed by atoms with van der Waals surface area (Å²) in [5, 5.41) is 3.39. The minimum absolute atomic E-state index is 0.00385. The summed E-state index contributed by atoms with van der Waals surface area (Å²) >= 11 is 5.95. The molecule has 0 fully saturated rings. The number of nitrogens with two attached hydrogens (primary N) is 1. The Balaban J connectivity index is 1.86. The third-order valence-electron chi connectivity index (χ3n) is 4.67. The monoisotopic (exact) mass is 387 g/mol. The van der Waals surface area contributed by atoms with Crippen molar-refractivity contribution >= 4 is 35.2 Å². The quantitative estimate of drug-likeness (QED) is 0.839. The molecule has 0 spiro atoms. The molecule has 0 aliphatic heterocycles. The number of carbonyl (C=O) groups is 2. The zero-order valence-corrected chi connectivity index (χ0v) is 16.1. The highest BCUT2D eigenvalue weighted by atomic mass is 35.5. The fourth-order valence-electron chi connectivity index (χ4n) is 3.43. The van der Waals surface area contributed by atoms with Gasteiger partial charge in [0.05, 0.1) is 5.69 Å². The molecule has 1 heterocycles. The average Bonchev–Trinajstić information content (AvgIpc) is 2.60. The Morgan fingerprint density at radius 3 is 2.59 bits per heavy atom. The number of carbonyl (C=O) groups excluding carboxylic acids is 2. The molecule has 0 saturated carbocycles. The van der Waals surface area contributed by atoms with Gasteiger partial charge in [-0.05, 0) is 37.0 Å². The lowest BCUT2D eigenvalue weighted by atomic mass is 9.90. The number of nitrogen functional groups attached to an aromatic ring is 1. The molecule has 0 bridgehead atoms. The number of aryl methyl sites for hydroxylation is 1. The number of rotatable bonds is 4. The molecule has 0 saturated heterocycles. The maximum Gasteiger partial charge on any atom is 0.222 e. The standard InChI is InChI=1S/C19H22ClN5O2/c1-11(26)22-18-16-9-15(7-8-17(16)23-19(21)24-18)25(12(2)27)10-13-3-5-14(20)6-4-13/h3-6,15H,7-10H2,1-2H3,(H3,21,22,23,24,26)/t15-/m0/s1. The van der Waals surface area contributed by atoms with E-state index in [9.17, 15) is 9.59 Å². The van der Waals surface area contributed by atoms with Gasteiger partial charge < -0.3 is 16.0 Å². The molecule has 1 atom stereocenters. The van der Waals surface area contributed by atoms with Crippen LogP contribution in [0.3, 0.4) is 0 Å². The summed E-state index contributed by atoms with van der Waals surface area (Å²) in [5.41, 5.74) is 8.45. The van der Waals surface area contributed by atoms with Crippen molar-refractivity contribution in [3.05, 3.63) is 46.1 Å². The van der Waals surface area contributed by atoms with Crippen molar-refractivity contribution in [3.63, 3.8) is 0 Å². The van der Waals surface area contributed by atoms with Crippen molar-refractivity contribution in [2.75, 3.05) is 11.1 Å². The molecule has 2 aromatic rings. The van der Waals surface area contributed by atoms with Crippen LogP contribution in [-0.4, -0.2) is 32.7 Å². The minimum Gasteiger partial charge on any atom is -0.368 e. The van der Waals surface area contributed by atoms with Gasteiger partial charge in [0.1, 0.15) is 5.82 Å². The zero-order chi connectivity index (χ0) is 19.6. The molecule has 27 heavy (non-hydrogen) atoms. The van der Waals surface area contributed by atoms with Crippen LogP contribution in [0.15, 0.2) is 24.3 Å². The number of halogens is 1. The normalized spacial score (nSPS) is 15.7. The Morgan fingerprint density at radius 1 is 1.26 bits per heavy atom. The third-order valence-corrected chi connectivity index (χ3v) is 4.92. The van der Waals surface area contributed by atoms with Crippen LogP contribution in [-0.2, 0) is 29.0 Å². The summed E-state index contributed by atoms with van der Waals surface area (Å²) in [6.07, 6.45) is 2.01. The van der Waals surface area contributed by atoms with Crippen molar-refractivity contribution in [1.29, 1.82) is 0 Å². The summed E-state index contributed by atoms with van der Waals surface area (Å²) in [6.45, 7) is 3.49. The fourth-order valence-corrected chi connectivity index (χ4v) is 3.56. The van der Waals surface area contributed by atoms with Crippen LogP contribution in [0.1, 0.15) is 37.1 Å². The maximum atomic E-state index is 12.3. The van der Waals surface area contributed by atoms with Gasteiger partial charge in [0.25, 0.3) is 0 Å². The highest BCUT2D eigenvalue weighted by Gasteiger charge is 2.29. The molecule has 1 aliphatic carbocycles. The zero-order valence-electron chi connectivity index (χ0n) is 15.3. The molecular weight excluding hydrogens is 366 g/mol. The largest absolute Gasteiger partial charge is 0.368 e. The van der Waals surface area contributed by atoms with Gasteiger partial charge in [-0.2, -0.15) is 4.98 Å². The number of hydrogen-bond donors (Lipinski definition) is 2. The van der Waals surface area contributed by atoms with E-state index in [0.717, 1.165) is 23.2 Å². The van der Waals surface area contributed by atoms with Gasteiger partial charge in [-0.15, -0.1) is 0 Å². The predicted octanol–water partition coefficient (Wildman–Crippen LogP) is 2.58. The summed E-state index contributed by atoms with van der Waals surface area (Å²) < 4.78 is 0. The topological polar surface area (TPSA) is 101 Å². The first-order valence-electron chi connectivity index (χ1n) is 8.78. The number of benzene rings is 1. The second-order valence-electron chi connectivity index (χ2n) is 6.71. The van der Waals surface area contributed by atoms with E-state index in [1.165, 1.54) is 6.92 Å². The predicted molar refractivity (Wildman–Crippen MR) is 104 cm³/mol. The second-order valence-corrected chi connectivity index (χ2v) is 7.14. The number of hydrogen-bond acceptors (Lipinski definition) is 5. The van der Waals surface area contributed by atoms with Gasteiger partial charge in [-0.25, -0.2) is 4.98 Å². The first kappa shape index (κ1) is 19.1. The van der Waals surface area contributed by atoms with Crippen LogP contribution in [0.5, 0.6) is 0 Å². The van der Waals surface area contributed by atoms with Crippen LogP contribution >= 0.6 is 11.6 Å². The van der Waals surface area contributed by atoms with E-state index in [4.69, 9.17) is 17.3 Å². The number of amides is 2. The smallest absolute Gasteiger partial charge is 0.222 e. The van der Waals surface area contributed by atoms with Gasteiger partial charge in [0.2, 0.25) is 17.8 Å². The van der Waals surface area contributed by atoms with E-state index in [1.54, 1.807) is 6.92 Å². The van der Waals surface area contributed by atoms with Crippen LogP contribution < -0.4 is 11.1 Å². The first-order valence-corrected chi connectivity index (χ1v) is 9.15. The van der Waals surface area contributed by atoms with Gasteiger partial charge in [0.15, 0.2) is 0 Å². The van der Waals surface area contributed by atoms with Gasteiger partial charge in [-0.1, -0.05) is 23.7 Å². The Labute approximate surface area is 162 Å². The average molecular weight is 388 g/mol. The lowest BCUT2D eigenvalue weighted by Crippen LogP contribution is -2.42. The van der Waals surface area contributed by atoms with E-state index >= 15 is 0 Å². The molecule has 1 aliphatic rings. The van der Waals surface area contributed by atoms with Gasteiger partial charge in [0, 0.05) is 37.0 Å². The molecule has 7 nitrogen and oxygen atoms in total.